The molecule has 3 heterocycles. The van der Waals surface area contributed by atoms with Gasteiger partial charge in [0.1, 0.15) is 10.3 Å². The van der Waals surface area contributed by atoms with Crippen LogP contribution in [0.25, 0.3) is 11.3 Å². The third-order valence-corrected chi connectivity index (χ3v) is 15.9. The summed E-state index contributed by atoms with van der Waals surface area (Å²) >= 11 is 0. The van der Waals surface area contributed by atoms with Gasteiger partial charge >= 0.3 is 6.09 Å². The topological polar surface area (TPSA) is 152 Å². The molecule has 14 heteroatoms. The van der Waals surface area contributed by atoms with Crippen LogP contribution in [0.4, 0.5) is 22.2 Å². The Hall–Kier alpha value is -3.62. The number of aromatic amines is 1. The van der Waals surface area contributed by atoms with E-state index in [9.17, 15) is 13.2 Å². The summed E-state index contributed by atoms with van der Waals surface area (Å²) in [5, 5.41) is 10.2. The highest BCUT2D eigenvalue weighted by molar-refractivity contribution is 7.91. The van der Waals surface area contributed by atoms with Crippen molar-refractivity contribution in [2.75, 3.05) is 36.7 Å². The quantitative estimate of drug-likeness (QED) is 0.178. The van der Waals surface area contributed by atoms with Gasteiger partial charge in [0, 0.05) is 61.5 Å². The summed E-state index contributed by atoms with van der Waals surface area (Å²) in [6.07, 6.45) is 4.16. The zero-order valence-electron chi connectivity index (χ0n) is 30.6. The SMILES string of the molecule is CN=Cc1cc(-c2ccnc(Nc3cc(C(C)(C)S(C)(=O)=O)[nH]n3)n2)cc2c1N(C(=O)OC(C)(C)C)C[C@]2(C)CO[Si](C)(C)C(C)(C)C. The second-order valence-corrected chi connectivity index (χ2v) is 23.2. The molecule has 0 fully saturated rings. The van der Waals surface area contributed by atoms with Crippen LogP contribution in [0.5, 0.6) is 0 Å². The predicted octanol–water partition coefficient (Wildman–Crippen LogP) is 6.97. The number of benzene rings is 1. The number of nitrogens with zero attached hydrogens (tertiary/aromatic N) is 5. The van der Waals surface area contributed by atoms with Crippen molar-refractivity contribution < 1.29 is 22.4 Å². The molecular formula is C34H51N7O5SSi. The molecule has 1 aliphatic heterocycles. The maximum absolute atomic E-state index is 13.7. The van der Waals surface area contributed by atoms with Gasteiger partial charge in [0.15, 0.2) is 24.0 Å². The molecule has 0 radical (unpaired) electrons. The van der Waals surface area contributed by atoms with Crippen molar-refractivity contribution in [2.45, 2.75) is 96.2 Å². The number of hydrogen-bond donors (Lipinski definition) is 2. The van der Waals surface area contributed by atoms with Crippen LogP contribution >= 0.6 is 0 Å². The van der Waals surface area contributed by atoms with Gasteiger partial charge in [-0.05, 0) is 76.5 Å². The third kappa shape index (κ3) is 7.65. The van der Waals surface area contributed by atoms with Crippen LogP contribution in [-0.2, 0) is 29.2 Å². The van der Waals surface area contributed by atoms with Gasteiger partial charge in [0.05, 0.1) is 17.1 Å². The summed E-state index contributed by atoms with van der Waals surface area (Å²) in [5.41, 5.74) is 3.08. The molecule has 3 aromatic rings. The lowest BCUT2D eigenvalue weighted by Gasteiger charge is -2.39. The second kappa shape index (κ2) is 12.7. The zero-order valence-corrected chi connectivity index (χ0v) is 32.4. The highest BCUT2D eigenvalue weighted by atomic mass is 32.2. The number of aromatic nitrogens is 4. The van der Waals surface area contributed by atoms with Crippen molar-refractivity contribution in [3.63, 3.8) is 0 Å². The van der Waals surface area contributed by atoms with E-state index >= 15 is 0 Å². The summed E-state index contributed by atoms with van der Waals surface area (Å²) in [4.78, 5) is 28.9. The molecular weight excluding hydrogens is 647 g/mol. The lowest BCUT2D eigenvalue weighted by atomic mass is 9.83. The number of nitrogens with one attached hydrogen (secondary N) is 2. The summed E-state index contributed by atoms with van der Waals surface area (Å²) < 4.78 is 36.2. The smallest absolute Gasteiger partial charge is 0.414 e. The Kier molecular flexibility index (Phi) is 9.83. The predicted molar refractivity (Wildman–Crippen MR) is 195 cm³/mol. The molecule has 0 unspecified atom stereocenters. The van der Waals surface area contributed by atoms with Crippen LogP contribution in [-0.4, -0.2) is 81.3 Å². The van der Waals surface area contributed by atoms with Crippen LogP contribution in [0, 0.1) is 0 Å². The van der Waals surface area contributed by atoms with Crippen molar-refractivity contribution in [2.24, 2.45) is 4.99 Å². The molecule has 1 amide bonds. The van der Waals surface area contributed by atoms with Gasteiger partial charge in [-0.2, -0.15) is 5.10 Å². The van der Waals surface area contributed by atoms with E-state index in [1.54, 1.807) is 44.3 Å². The van der Waals surface area contributed by atoms with E-state index in [0.29, 0.717) is 30.4 Å². The molecule has 1 atom stereocenters. The minimum atomic E-state index is -3.40. The summed E-state index contributed by atoms with van der Waals surface area (Å²) in [7, 11) is -3.84. The minimum absolute atomic E-state index is 0.0114. The fourth-order valence-corrected chi connectivity index (χ4v) is 6.67. The number of aliphatic imine (C=N–C) groups is 1. The van der Waals surface area contributed by atoms with Gasteiger partial charge in [0.2, 0.25) is 5.95 Å². The molecule has 1 aromatic carbocycles. The highest BCUT2D eigenvalue weighted by Crippen LogP contribution is 2.47. The summed E-state index contributed by atoms with van der Waals surface area (Å²) in [5.74, 6) is 0.670. The minimum Gasteiger partial charge on any atom is -0.443 e. The normalized spacial score (nSPS) is 17.6. The monoisotopic (exact) mass is 697 g/mol. The van der Waals surface area contributed by atoms with Crippen LogP contribution in [0.15, 0.2) is 35.5 Å². The first-order chi connectivity index (χ1) is 21.9. The van der Waals surface area contributed by atoms with E-state index in [2.05, 4.69) is 72.3 Å². The number of carbonyl (C=O) groups excluding carboxylic acids is 1. The summed E-state index contributed by atoms with van der Waals surface area (Å²) in [6, 6.07) is 7.47. The van der Waals surface area contributed by atoms with Gasteiger partial charge < -0.3 is 14.5 Å². The average Bonchev–Trinajstić information content (AvgIpc) is 3.54. The Balaban J connectivity index is 1.79. The number of sulfone groups is 1. The third-order valence-electron chi connectivity index (χ3n) is 9.35. The van der Waals surface area contributed by atoms with Crippen LogP contribution in [0.3, 0.4) is 0 Å². The van der Waals surface area contributed by atoms with Crippen molar-refractivity contribution in [1.29, 1.82) is 0 Å². The van der Waals surface area contributed by atoms with E-state index in [0.717, 1.165) is 22.4 Å². The zero-order chi connectivity index (χ0) is 36.1. The first-order valence-electron chi connectivity index (χ1n) is 16.0. The van der Waals surface area contributed by atoms with Crippen LogP contribution < -0.4 is 10.2 Å². The Morgan fingerprint density at radius 2 is 1.81 bits per heavy atom. The summed E-state index contributed by atoms with van der Waals surface area (Å²) in [6.45, 7) is 22.8. The number of fused-ring (bicyclic) bond motifs is 1. The van der Waals surface area contributed by atoms with Crippen molar-refractivity contribution in [3.8, 4) is 11.3 Å². The molecule has 12 nitrogen and oxygen atoms in total. The van der Waals surface area contributed by atoms with Crippen LogP contribution in [0.1, 0.15) is 79.1 Å². The number of H-pyrrole nitrogens is 1. The Morgan fingerprint density at radius 3 is 2.40 bits per heavy atom. The number of rotatable bonds is 9. The van der Waals surface area contributed by atoms with Gasteiger partial charge in [-0.15, -0.1) is 0 Å². The molecule has 1 aliphatic rings. The largest absolute Gasteiger partial charge is 0.443 e. The molecule has 0 spiro atoms. The van der Waals surface area contributed by atoms with E-state index in [4.69, 9.17) is 14.1 Å². The Morgan fingerprint density at radius 1 is 1.15 bits per heavy atom. The van der Waals surface area contributed by atoms with E-state index < -0.39 is 40.0 Å². The van der Waals surface area contributed by atoms with Gasteiger partial charge in [-0.3, -0.25) is 15.0 Å². The van der Waals surface area contributed by atoms with Gasteiger partial charge in [-0.25, -0.2) is 23.2 Å². The molecule has 4 rings (SSSR count). The Labute approximate surface area is 286 Å². The lowest BCUT2D eigenvalue weighted by molar-refractivity contribution is 0.0575. The standard InChI is InChI=1S/C34H51N7O5SSi/c1-31(2,3)46-30(42)41-20-34(9,21-45-48(12,13)32(4,5)6)24-17-22(16-23(19-35-10)28(24)41)25-14-15-36-29(37-25)38-27-18-26(39-40-27)33(7,8)47(11,43)44/h14-19H,20-21H2,1-13H3,(H2,36,37,38,39,40)/t34-/m1/s1. The Bertz CT molecular complexity index is 1820. The number of ether oxygens (including phenoxy) is 1. The van der Waals surface area contributed by atoms with E-state index in [1.807, 2.05) is 32.9 Å². The molecule has 0 aliphatic carbocycles. The number of amides is 1. The second-order valence-electron chi connectivity index (χ2n) is 15.9. The van der Waals surface area contributed by atoms with Gasteiger partial charge in [0.25, 0.3) is 0 Å². The molecule has 262 valence electrons. The van der Waals surface area contributed by atoms with E-state index in [1.165, 1.54) is 6.26 Å². The molecule has 48 heavy (non-hydrogen) atoms. The molecule has 0 bridgehead atoms. The van der Waals surface area contributed by atoms with Crippen molar-refractivity contribution in [3.05, 3.63) is 47.3 Å². The van der Waals surface area contributed by atoms with Crippen molar-refractivity contribution in [1.82, 2.24) is 20.2 Å². The molecule has 0 saturated heterocycles. The molecule has 2 aromatic heterocycles. The molecule has 2 N–H and O–H groups in total. The fourth-order valence-electron chi connectivity index (χ4n) is 5.06. The van der Waals surface area contributed by atoms with Gasteiger partial charge in [-0.1, -0.05) is 27.7 Å². The highest BCUT2D eigenvalue weighted by Gasteiger charge is 2.47. The maximum Gasteiger partial charge on any atom is 0.414 e. The maximum atomic E-state index is 13.7. The number of hydrogen-bond acceptors (Lipinski definition) is 10. The number of carbonyl (C=O) groups is 1. The van der Waals surface area contributed by atoms with E-state index in [-0.39, 0.29) is 11.0 Å². The van der Waals surface area contributed by atoms with Crippen molar-refractivity contribution >= 4 is 47.9 Å². The first-order valence-corrected chi connectivity index (χ1v) is 20.8. The average molecular weight is 698 g/mol. The first kappa shape index (κ1) is 37.2. The molecule has 0 saturated carbocycles. The fraction of sp³-hybridized carbons (Fsp3) is 0.559. The lowest BCUT2D eigenvalue weighted by Crippen LogP contribution is -2.46. The van der Waals surface area contributed by atoms with Crippen LogP contribution in [0.2, 0.25) is 18.1 Å². The number of anilines is 3.